The van der Waals surface area contributed by atoms with Gasteiger partial charge in [0.2, 0.25) is 5.91 Å². The van der Waals surface area contributed by atoms with Crippen molar-refractivity contribution >= 4 is 44.2 Å². The van der Waals surface area contributed by atoms with Crippen molar-refractivity contribution in [2.24, 2.45) is 5.73 Å². The number of benzene rings is 4. The third kappa shape index (κ3) is 4.49. The molecule has 0 saturated heterocycles. The molecule has 6 heteroatoms. The Kier molecular flexibility index (Phi) is 6.09. The van der Waals surface area contributed by atoms with Gasteiger partial charge in [-0.2, -0.15) is 0 Å². The van der Waals surface area contributed by atoms with Crippen molar-refractivity contribution in [2.75, 3.05) is 5.75 Å². The van der Waals surface area contributed by atoms with Crippen molar-refractivity contribution in [3.63, 3.8) is 0 Å². The monoisotopic (exact) mass is 430 g/mol. The van der Waals surface area contributed by atoms with Gasteiger partial charge in [-0.25, -0.2) is 0 Å². The molecule has 5 nitrogen and oxygen atoms in total. The lowest BCUT2D eigenvalue weighted by atomic mass is 9.96. The topological polar surface area (TPSA) is 89.3 Å². The van der Waals surface area contributed by atoms with Crippen molar-refractivity contribution in [1.82, 2.24) is 5.32 Å². The van der Waals surface area contributed by atoms with Gasteiger partial charge < -0.3 is 11.1 Å². The predicted octanol–water partition coefficient (Wildman–Crippen LogP) is 3.77. The summed E-state index contributed by atoms with van der Waals surface area (Å²) in [6, 6.07) is 25.4. The van der Waals surface area contributed by atoms with Crippen LogP contribution in [0.4, 0.5) is 0 Å². The minimum Gasteiger partial charge on any atom is -0.368 e. The lowest BCUT2D eigenvalue weighted by Crippen LogP contribution is -2.45. The fraction of sp³-hybridized carbons (Fsp3) is 0.120. The lowest BCUT2D eigenvalue weighted by molar-refractivity contribution is -0.119. The van der Waals surface area contributed by atoms with E-state index in [1.54, 1.807) is 12.1 Å². The quantitative estimate of drug-likeness (QED) is 0.437. The molecule has 0 spiro atoms. The highest BCUT2D eigenvalue weighted by atomic mass is 32.2. The third-order valence-electron chi connectivity index (χ3n) is 5.25. The van der Waals surface area contributed by atoms with E-state index >= 15 is 0 Å². The molecule has 0 unspecified atom stereocenters. The summed E-state index contributed by atoms with van der Waals surface area (Å²) in [7, 11) is -1.28. The smallest absolute Gasteiger partial charge is 0.253 e. The van der Waals surface area contributed by atoms with Crippen molar-refractivity contribution in [3.05, 3.63) is 90.5 Å². The molecule has 2 atom stereocenters. The van der Waals surface area contributed by atoms with E-state index in [2.05, 4.69) is 5.32 Å². The van der Waals surface area contributed by atoms with Crippen LogP contribution in [-0.2, 0) is 15.6 Å². The largest absolute Gasteiger partial charge is 0.368 e. The first kappa shape index (κ1) is 20.8. The Balaban J connectivity index is 1.61. The second kappa shape index (κ2) is 9.10. The van der Waals surface area contributed by atoms with Crippen LogP contribution in [0.15, 0.2) is 89.8 Å². The highest BCUT2D eigenvalue weighted by Crippen LogP contribution is 2.28. The fourth-order valence-electron chi connectivity index (χ4n) is 3.69. The number of primary amides is 1. The van der Waals surface area contributed by atoms with Gasteiger partial charge in [0.15, 0.2) is 0 Å². The summed E-state index contributed by atoms with van der Waals surface area (Å²) in [5, 5.41) is 6.25. The maximum Gasteiger partial charge on any atom is 0.253 e. The third-order valence-corrected chi connectivity index (χ3v) is 6.65. The summed E-state index contributed by atoms with van der Waals surface area (Å²) in [5.41, 5.74) is 6.06. The van der Waals surface area contributed by atoms with Crippen LogP contribution in [-0.4, -0.2) is 27.8 Å². The molecule has 0 aliphatic carbocycles. The average Bonchev–Trinajstić information content (AvgIpc) is 2.80. The van der Waals surface area contributed by atoms with Crippen LogP contribution in [0.5, 0.6) is 0 Å². The summed E-state index contributed by atoms with van der Waals surface area (Å²) < 4.78 is 12.5. The van der Waals surface area contributed by atoms with Gasteiger partial charge in [0, 0.05) is 10.6 Å². The lowest BCUT2D eigenvalue weighted by Gasteiger charge is -2.17. The molecule has 4 rings (SSSR count). The molecule has 0 bridgehead atoms. The van der Waals surface area contributed by atoms with Crippen LogP contribution < -0.4 is 11.1 Å². The molecule has 0 radical (unpaired) electrons. The van der Waals surface area contributed by atoms with E-state index in [9.17, 15) is 13.8 Å². The van der Waals surface area contributed by atoms with E-state index in [1.807, 2.05) is 72.8 Å². The zero-order valence-corrected chi connectivity index (χ0v) is 17.6. The van der Waals surface area contributed by atoms with Crippen molar-refractivity contribution in [3.8, 4) is 0 Å². The predicted molar refractivity (Wildman–Crippen MR) is 124 cm³/mol. The molecular formula is C25H22N2O3S. The van der Waals surface area contributed by atoms with E-state index in [1.165, 1.54) is 0 Å². The number of nitrogens with two attached hydrogens (primary N) is 1. The van der Waals surface area contributed by atoms with Gasteiger partial charge in [0.25, 0.3) is 5.91 Å². The van der Waals surface area contributed by atoms with Crippen LogP contribution in [0.3, 0.4) is 0 Å². The highest BCUT2D eigenvalue weighted by Gasteiger charge is 2.22. The maximum absolute atomic E-state index is 13.3. The molecule has 4 aromatic rings. The molecule has 0 fully saturated rings. The first-order valence-electron chi connectivity index (χ1n) is 9.98. The molecule has 0 heterocycles. The number of amides is 2. The second-order valence-electron chi connectivity index (χ2n) is 7.27. The molecule has 0 aromatic heterocycles. The highest BCUT2D eigenvalue weighted by molar-refractivity contribution is 7.85. The Bertz CT molecular complexity index is 1230. The number of fused-ring (bicyclic) bond motifs is 2. The molecule has 0 aliphatic heterocycles. The molecule has 3 N–H and O–H groups in total. The van der Waals surface area contributed by atoms with Gasteiger partial charge >= 0.3 is 0 Å². The molecular weight excluding hydrogens is 408 g/mol. The van der Waals surface area contributed by atoms with Gasteiger partial charge in [-0.15, -0.1) is 0 Å². The van der Waals surface area contributed by atoms with Gasteiger partial charge in [-0.05, 0) is 46.2 Å². The number of nitrogens with one attached hydrogen (secondary N) is 1. The van der Waals surface area contributed by atoms with Crippen LogP contribution >= 0.6 is 0 Å². The van der Waals surface area contributed by atoms with E-state index in [0.29, 0.717) is 10.5 Å². The second-order valence-corrected chi connectivity index (χ2v) is 8.84. The Morgan fingerprint density at radius 2 is 1.39 bits per heavy atom. The normalized spacial score (nSPS) is 13.0. The number of carbonyl (C=O) groups excluding carboxylic acids is 2. The number of rotatable bonds is 7. The number of carbonyl (C=O) groups is 2. The number of hydrogen-bond donors (Lipinski definition) is 2. The average molecular weight is 431 g/mol. The maximum atomic E-state index is 13.3. The summed E-state index contributed by atoms with van der Waals surface area (Å²) in [4.78, 5) is 26.0. The minimum absolute atomic E-state index is 0.186. The first-order valence-corrected chi connectivity index (χ1v) is 11.3. The number of hydrogen-bond acceptors (Lipinski definition) is 3. The van der Waals surface area contributed by atoms with Gasteiger partial charge in [-0.1, -0.05) is 66.7 Å². The van der Waals surface area contributed by atoms with E-state index < -0.39 is 22.7 Å². The fourth-order valence-corrected chi connectivity index (χ4v) is 4.84. The Morgan fingerprint density at radius 3 is 1.97 bits per heavy atom. The molecule has 31 heavy (non-hydrogen) atoms. The van der Waals surface area contributed by atoms with Gasteiger partial charge in [0.1, 0.15) is 6.04 Å². The first-order chi connectivity index (χ1) is 15.0. The summed E-state index contributed by atoms with van der Waals surface area (Å²) >= 11 is 0. The Labute approximate surface area is 182 Å². The van der Waals surface area contributed by atoms with Crippen molar-refractivity contribution < 1.29 is 13.8 Å². The van der Waals surface area contributed by atoms with Crippen LogP contribution in [0.25, 0.3) is 21.5 Å². The van der Waals surface area contributed by atoms with Gasteiger partial charge in [0.05, 0.1) is 16.4 Å². The standard InChI is InChI=1S/C25H22N2O3S/c26-24(28)22(14-15-31(30)19-10-2-1-3-11-19)27-25(29)23-20-12-6-4-8-17(20)16-18-9-5-7-13-21(18)23/h1-13,16,22H,14-15H2,(H2,26,28)(H,27,29)/t22-,31+/m1/s1. The minimum atomic E-state index is -1.28. The summed E-state index contributed by atoms with van der Waals surface area (Å²) in [5.74, 6) is -0.806. The SMILES string of the molecule is NC(=O)[C@@H](CC[S@](=O)c1ccccc1)NC(=O)c1c2ccccc2cc2ccccc12. The summed E-state index contributed by atoms with van der Waals surface area (Å²) in [6.07, 6.45) is 0.186. The van der Waals surface area contributed by atoms with Crippen LogP contribution in [0.2, 0.25) is 0 Å². The van der Waals surface area contributed by atoms with Crippen molar-refractivity contribution in [2.45, 2.75) is 17.4 Å². The molecule has 156 valence electrons. The zero-order valence-electron chi connectivity index (χ0n) is 16.8. The van der Waals surface area contributed by atoms with Gasteiger partial charge in [-0.3, -0.25) is 13.8 Å². The molecule has 0 saturated carbocycles. The van der Waals surface area contributed by atoms with Crippen LogP contribution in [0, 0.1) is 0 Å². The van der Waals surface area contributed by atoms with E-state index in [-0.39, 0.29) is 18.1 Å². The zero-order chi connectivity index (χ0) is 21.8. The summed E-state index contributed by atoms with van der Waals surface area (Å²) in [6.45, 7) is 0. The molecule has 4 aromatic carbocycles. The molecule has 0 aliphatic rings. The molecule has 2 amide bonds. The Hall–Kier alpha value is -3.51. The van der Waals surface area contributed by atoms with Crippen LogP contribution in [0.1, 0.15) is 16.8 Å². The van der Waals surface area contributed by atoms with E-state index in [0.717, 1.165) is 21.5 Å². The van der Waals surface area contributed by atoms with E-state index in [4.69, 9.17) is 5.73 Å². The van der Waals surface area contributed by atoms with Crippen molar-refractivity contribution in [1.29, 1.82) is 0 Å². The Morgan fingerprint density at radius 1 is 0.839 bits per heavy atom.